The minimum Gasteiger partial charge on any atom is -0.361 e. The van der Waals surface area contributed by atoms with Crippen molar-refractivity contribution in [1.82, 2.24) is 15.5 Å². The van der Waals surface area contributed by atoms with Gasteiger partial charge in [0.05, 0.1) is 30.4 Å². The number of likely N-dealkylation sites (tertiary alicyclic amines) is 1. The summed E-state index contributed by atoms with van der Waals surface area (Å²) in [7, 11) is 0. The van der Waals surface area contributed by atoms with Gasteiger partial charge in [-0.25, -0.2) is 4.98 Å². The summed E-state index contributed by atoms with van der Waals surface area (Å²) in [6.45, 7) is 4.88. The Labute approximate surface area is 174 Å². The van der Waals surface area contributed by atoms with E-state index in [1.165, 1.54) is 22.2 Å². The third-order valence-electron chi connectivity index (χ3n) is 5.06. The number of carbonyl (C=O) groups excluding carboxylic acids is 1. The maximum atomic E-state index is 12.9. The molecule has 4 rings (SSSR count). The van der Waals surface area contributed by atoms with Gasteiger partial charge in [0.25, 0.3) is 5.91 Å². The van der Waals surface area contributed by atoms with Crippen LogP contribution in [0, 0.1) is 6.92 Å². The number of thioether (sulfide) groups is 1. The van der Waals surface area contributed by atoms with Crippen molar-refractivity contribution >= 4 is 17.7 Å². The zero-order chi connectivity index (χ0) is 20.1. The van der Waals surface area contributed by atoms with E-state index in [1.807, 2.05) is 25.1 Å². The van der Waals surface area contributed by atoms with Crippen molar-refractivity contribution in [1.29, 1.82) is 0 Å². The molecule has 0 bridgehead atoms. The molecular weight excluding hydrogens is 384 g/mol. The number of carbonyl (C=O) groups is 1. The van der Waals surface area contributed by atoms with Gasteiger partial charge in [-0.2, -0.15) is 0 Å². The monoisotopic (exact) mass is 409 g/mol. The summed E-state index contributed by atoms with van der Waals surface area (Å²) in [5, 5.41) is 7.93. The molecular formula is C22H25N4O2S+. The van der Waals surface area contributed by atoms with Crippen LogP contribution in [0.25, 0.3) is 0 Å². The lowest BCUT2D eigenvalue weighted by molar-refractivity contribution is -0.901. The highest BCUT2D eigenvalue weighted by molar-refractivity contribution is 7.98. The number of aryl methyl sites for hydroxylation is 1. The van der Waals surface area contributed by atoms with Crippen LogP contribution in [0.1, 0.15) is 33.8 Å². The molecule has 150 valence electrons. The molecule has 0 saturated carbocycles. The number of amides is 1. The van der Waals surface area contributed by atoms with Crippen molar-refractivity contribution < 1.29 is 14.2 Å². The SMILES string of the molecule is Cc1cc(CSc2ncccc2C(=O)N[C@@H]2CC[NH+](Cc3ccccc3)C2)no1. The van der Waals surface area contributed by atoms with Gasteiger partial charge in [-0.3, -0.25) is 4.79 Å². The number of rotatable bonds is 7. The second kappa shape index (κ2) is 9.24. The number of hydrogen-bond donors (Lipinski definition) is 2. The second-order valence-electron chi connectivity index (χ2n) is 7.40. The zero-order valence-corrected chi connectivity index (χ0v) is 17.2. The first kappa shape index (κ1) is 19.7. The van der Waals surface area contributed by atoms with Gasteiger partial charge in [-0.15, -0.1) is 0 Å². The molecule has 1 aliphatic rings. The summed E-state index contributed by atoms with van der Waals surface area (Å²) in [6.07, 6.45) is 2.71. The molecule has 0 radical (unpaired) electrons. The summed E-state index contributed by atoms with van der Waals surface area (Å²) in [4.78, 5) is 18.8. The Morgan fingerprint density at radius 2 is 2.14 bits per heavy atom. The fraction of sp³-hybridized carbons (Fsp3) is 0.318. The van der Waals surface area contributed by atoms with Gasteiger partial charge >= 0.3 is 0 Å². The van der Waals surface area contributed by atoms with Crippen molar-refractivity contribution in [3.63, 3.8) is 0 Å². The Balaban J connectivity index is 1.34. The Morgan fingerprint density at radius 3 is 2.93 bits per heavy atom. The van der Waals surface area contributed by atoms with Crippen LogP contribution in [-0.2, 0) is 12.3 Å². The van der Waals surface area contributed by atoms with Crippen LogP contribution >= 0.6 is 11.8 Å². The fourth-order valence-corrected chi connectivity index (χ4v) is 4.54. The normalized spacial score (nSPS) is 18.7. The van der Waals surface area contributed by atoms with E-state index in [4.69, 9.17) is 4.52 Å². The largest absolute Gasteiger partial charge is 0.361 e. The molecule has 3 aromatic rings. The molecule has 1 aliphatic heterocycles. The molecule has 29 heavy (non-hydrogen) atoms. The Kier molecular flexibility index (Phi) is 6.27. The summed E-state index contributed by atoms with van der Waals surface area (Å²) in [6, 6.07) is 16.2. The smallest absolute Gasteiger partial charge is 0.254 e. The van der Waals surface area contributed by atoms with Crippen molar-refractivity contribution in [2.45, 2.75) is 36.7 Å². The Morgan fingerprint density at radius 1 is 1.28 bits per heavy atom. The molecule has 0 aliphatic carbocycles. The fourth-order valence-electron chi connectivity index (χ4n) is 3.67. The molecule has 1 amide bonds. The number of nitrogens with one attached hydrogen (secondary N) is 2. The van der Waals surface area contributed by atoms with Crippen LogP contribution < -0.4 is 10.2 Å². The van der Waals surface area contributed by atoms with E-state index < -0.39 is 0 Å². The van der Waals surface area contributed by atoms with Gasteiger partial charge in [-0.05, 0) is 19.1 Å². The highest BCUT2D eigenvalue weighted by Crippen LogP contribution is 2.24. The zero-order valence-electron chi connectivity index (χ0n) is 16.4. The van der Waals surface area contributed by atoms with Crippen molar-refractivity contribution in [2.75, 3.05) is 13.1 Å². The molecule has 6 nitrogen and oxygen atoms in total. The van der Waals surface area contributed by atoms with Crippen molar-refractivity contribution in [3.8, 4) is 0 Å². The maximum Gasteiger partial charge on any atom is 0.254 e. The standard InChI is InChI=1S/C22H24N4O2S/c1-16-12-19(25-28-16)15-29-22-20(8-5-10-23-22)21(27)24-18-9-11-26(14-18)13-17-6-3-2-4-7-17/h2-8,10,12,18H,9,11,13-15H2,1H3,(H,24,27)/p+1/t18-/m1/s1. The quantitative estimate of drug-likeness (QED) is 0.586. The molecule has 2 N–H and O–H groups in total. The van der Waals surface area contributed by atoms with Crippen LogP contribution in [0.4, 0.5) is 0 Å². The third kappa shape index (κ3) is 5.25. The predicted molar refractivity (Wildman–Crippen MR) is 112 cm³/mol. The van der Waals surface area contributed by atoms with Crippen LogP contribution in [0.5, 0.6) is 0 Å². The van der Waals surface area contributed by atoms with Gasteiger partial charge in [0, 0.05) is 30.0 Å². The number of benzene rings is 1. The lowest BCUT2D eigenvalue weighted by Gasteiger charge is -2.15. The van der Waals surface area contributed by atoms with E-state index >= 15 is 0 Å². The average molecular weight is 410 g/mol. The minimum absolute atomic E-state index is 0.0529. The molecule has 2 aromatic heterocycles. The first-order valence-electron chi connectivity index (χ1n) is 9.86. The van der Waals surface area contributed by atoms with Crippen molar-refractivity contribution in [2.24, 2.45) is 0 Å². The van der Waals surface area contributed by atoms with Crippen LogP contribution in [0.3, 0.4) is 0 Å². The van der Waals surface area contributed by atoms with E-state index in [0.717, 1.165) is 42.5 Å². The number of aromatic nitrogens is 2. The van der Waals surface area contributed by atoms with Crippen LogP contribution in [-0.4, -0.2) is 35.2 Å². The van der Waals surface area contributed by atoms with E-state index in [1.54, 1.807) is 12.3 Å². The highest BCUT2D eigenvalue weighted by Gasteiger charge is 2.28. The van der Waals surface area contributed by atoms with Gasteiger partial charge in [0.2, 0.25) is 0 Å². The summed E-state index contributed by atoms with van der Waals surface area (Å²) < 4.78 is 5.11. The summed E-state index contributed by atoms with van der Waals surface area (Å²) in [5.41, 5.74) is 2.80. The van der Waals surface area contributed by atoms with Crippen LogP contribution in [0.2, 0.25) is 0 Å². The predicted octanol–water partition coefficient (Wildman–Crippen LogP) is 2.26. The van der Waals surface area contributed by atoms with Gasteiger partial charge < -0.3 is 14.7 Å². The highest BCUT2D eigenvalue weighted by atomic mass is 32.2. The molecule has 0 spiro atoms. The maximum absolute atomic E-state index is 12.9. The van der Waals surface area contributed by atoms with Gasteiger partial charge in [0.1, 0.15) is 17.3 Å². The topological polar surface area (TPSA) is 72.5 Å². The first-order chi connectivity index (χ1) is 14.2. The molecule has 1 saturated heterocycles. The van der Waals surface area contributed by atoms with Gasteiger partial charge in [-0.1, -0.05) is 47.3 Å². The molecule has 2 atom stereocenters. The summed E-state index contributed by atoms with van der Waals surface area (Å²) in [5.74, 6) is 1.35. The van der Waals surface area contributed by atoms with E-state index in [-0.39, 0.29) is 11.9 Å². The van der Waals surface area contributed by atoms with Gasteiger partial charge in [0.15, 0.2) is 0 Å². The number of hydrogen-bond acceptors (Lipinski definition) is 5. The second-order valence-corrected chi connectivity index (χ2v) is 8.36. The molecule has 1 fully saturated rings. The molecule has 7 heteroatoms. The number of quaternary nitrogens is 1. The molecule has 1 aromatic carbocycles. The Bertz CT molecular complexity index is 960. The first-order valence-corrected chi connectivity index (χ1v) is 10.8. The number of pyridine rings is 1. The summed E-state index contributed by atoms with van der Waals surface area (Å²) >= 11 is 1.50. The van der Waals surface area contributed by atoms with Crippen LogP contribution in [0.15, 0.2) is 64.3 Å². The van der Waals surface area contributed by atoms with Crippen molar-refractivity contribution in [3.05, 3.63) is 77.3 Å². The number of nitrogens with zero attached hydrogens (tertiary/aromatic N) is 2. The molecule has 3 heterocycles. The Hall–Kier alpha value is -2.64. The average Bonchev–Trinajstić information content (AvgIpc) is 3.36. The lowest BCUT2D eigenvalue weighted by atomic mass is 10.2. The van der Waals surface area contributed by atoms with E-state index in [2.05, 4.69) is 39.7 Å². The lowest BCUT2D eigenvalue weighted by Crippen LogP contribution is -3.09. The molecule has 1 unspecified atom stereocenters. The third-order valence-corrected chi connectivity index (χ3v) is 6.10. The van der Waals surface area contributed by atoms with E-state index in [0.29, 0.717) is 11.3 Å². The van der Waals surface area contributed by atoms with E-state index in [9.17, 15) is 4.79 Å². The minimum atomic E-state index is -0.0529.